The second-order valence-electron chi connectivity index (χ2n) is 5.76. The van der Waals surface area contributed by atoms with Crippen LogP contribution in [0.1, 0.15) is 22.3 Å². The Morgan fingerprint density at radius 2 is 1.30 bits per heavy atom. The van der Waals surface area contributed by atoms with E-state index in [0.717, 1.165) is 22.3 Å². The molecule has 2 rings (SSSR count). The van der Waals surface area contributed by atoms with E-state index in [0.29, 0.717) is 37.7 Å². The minimum Gasteiger partial charge on any atom is -0.508 e. The molecule has 2 aromatic rings. The summed E-state index contributed by atoms with van der Waals surface area (Å²) in [7, 11) is 0. The van der Waals surface area contributed by atoms with Crippen LogP contribution in [0.3, 0.4) is 0 Å². The minimum absolute atomic E-state index is 0. The van der Waals surface area contributed by atoms with Crippen LogP contribution in [0.25, 0.3) is 0 Å². The van der Waals surface area contributed by atoms with E-state index >= 15 is 0 Å². The quantitative estimate of drug-likeness (QED) is 0.758. The average Bonchev–Trinajstić information content (AvgIpc) is 2.47. The summed E-state index contributed by atoms with van der Waals surface area (Å²) in [5.74, 6) is 0.585. The van der Waals surface area contributed by atoms with Gasteiger partial charge in [-0.2, -0.15) is 0 Å². The van der Waals surface area contributed by atoms with Crippen molar-refractivity contribution in [1.29, 1.82) is 0 Å². The van der Waals surface area contributed by atoms with Gasteiger partial charge in [0.05, 0.1) is 0 Å². The van der Waals surface area contributed by atoms with Crippen molar-refractivity contribution in [2.45, 2.75) is 26.9 Å². The van der Waals surface area contributed by atoms with Gasteiger partial charge < -0.3 is 15.9 Å². The number of hydrogen-bond acceptors (Lipinski definition) is 4. The number of benzene rings is 2. The summed E-state index contributed by atoms with van der Waals surface area (Å²) in [6.45, 7) is 6.42. The maximum Gasteiger partial charge on any atom is 0.120 e. The van der Waals surface area contributed by atoms with Gasteiger partial charge in [-0.1, -0.05) is 35.4 Å². The predicted molar refractivity (Wildman–Crippen MR) is 96.1 cm³/mol. The van der Waals surface area contributed by atoms with Gasteiger partial charge >= 0.3 is 0 Å². The van der Waals surface area contributed by atoms with Crippen LogP contribution in [0.4, 0.5) is 0 Å². The monoisotopic (exact) mass is 336 g/mol. The zero-order valence-corrected chi connectivity index (χ0v) is 14.4. The van der Waals surface area contributed by atoms with Gasteiger partial charge in [-0.3, -0.25) is 4.90 Å². The summed E-state index contributed by atoms with van der Waals surface area (Å²) in [5.41, 5.74) is 9.68. The maximum atomic E-state index is 10.0. The molecule has 0 amide bonds. The van der Waals surface area contributed by atoms with Gasteiger partial charge in [-0.25, -0.2) is 0 Å². The Balaban J connectivity index is 0.00000264. The van der Waals surface area contributed by atoms with E-state index in [1.165, 1.54) is 0 Å². The Labute approximate surface area is 144 Å². The molecule has 4 nitrogen and oxygen atoms in total. The molecule has 0 radical (unpaired) electrons. The van der Waals surface area contributed by atoms with Gasteiger partial charge in [-0.15, -0.1) is 12.4 Å². The van der Waals surface area contributed by atoms with Gasteiger partial charge in [0.25, 0.3) is 0 Å². The third-order valence-corrected chi connectivity index (χ3v) is 3.70. The number of nitrogens with zero attached hydrogens (tertiary/aromatic N) is 1. The molecule has 0 saturated carbocycles. The van der Waals surface area contributed by atoms with Crippen molar-refractivity contribution in [1.82, 2.24) is 4.90 Å². The minimum atomic E-state index is 0. The maximum absolute atomic E-state index is 10.0. The summed E-state index contributed by atoms with van der Waals surface area (Å²) >= 11 is 0. The molecule has 23 heavy (non-hydrogen) atoms. The number of phenols is 2. The third-order valence-electron chi connectivity index (χ3n) is 3.70. The number of halogens is 1. The number of nitrogens with two attached hydrogens (primary N) is 1. The second-order valence-corrected chi connectivity index (χ2v) is 5.76. The highest BCUT2D eigenvalue weighted by Crippen LogP contribution is 2.24. The van der Waals surface area contributed by atoms with Crippen LogP contribution < -0.4 is 5.73 Å². The third kappa shape index (κ3) is 5.43. The first-order valence-electron chi connectivity index (χ1n) is 7.49. The zero-order valence-electron chi connectivity index (χ0n) is 13.6. The van der Waals surface area contributed by atoms with E-state index in [2.05, 4.69) is 4.90 Å². The topological polar surface area (TPSA) is 69.7 Å². The van der Waals surface area contributed by atoms with Crippen molar-refractivity contribution in [2.24, 2.45) is 5.73 Å². The van der Waals surface area contributed by atoms with E-state index in [-0.39, 0.29) is 12.4 Å². The fourth-order valence-electron chi connectivity index (χ4n) is 2.56. The molecule has 0 heterocycles. The molecule has 0 atom stereocenters. The molecule has 126 valence electrons. The molecule has 0 aliphatic heterocycles. The Kier molecular flexibility index (Phi) is 7.36. The first-order valence-corrected chi connectivity index (χ1v) is 7.49. The SMILES string of the molecule is Cc1ccc(O)c(CN(CCN)Cc2cc(C)ccc2O)c1.Cl. The van der Waals surface area contributed by atoms with Gasteiger partial charge in [0, 0.05) is 37.3 Å². The zero-order chi connectivity index (χ0) is 16.1. The lowest BCUT2D eigenvalue weighted by Gasteiger charge is -2.23. The fraction of sp³-hybridized carbons (Fsp3) is 0.333. The Hall–Kier alpha value is -1.75. The second kappa shape index (κ2) is 8.77. The smallest absolute Gasteiger partial charge is 0.120 e. The summed E-state index contributed by atoms with van der Waals surface area (Å²) in [6.07, 6.45) is 0. The molecule has 0 spiro atoms. The van der Waals surface area contributed by atoms with Crippen LogP contribution in [-0.4, -0.2) is 28.2 Å². The highest BCUT2D eigenvalue weighted by molar-refractivity contribution is 5.85. The largest absolute Gasteiger partial charge is 0.508 e. The summed E-state index contributed by atoms with van der Waals surface area (Å²) in [4.78, 5) is 2.13. The van der Waals surface area contributed by atoms with E-state index in [4.69, 9.17) is 5.73 Å². The predicted octanol–water partition coefficient (Wildman–Crippen LogP) is 3.10. The van der Waals surface area contributed by atoms with E-state index in [1.54, 1.807) is 12.1 Å². The fourth-order valence-corrected chi connectivity index (χ4v) is 2.56. The number of rotatable bonds is 6. The lowest BCUT2D eigenvalue weighted by Crippen LogP contribution is -2.28. The van der Waals surface area contributed by atoms with Gasteiger partial charge in [0.1, 0.15) is 11.5 Å². The Bertz CT molecular complexity index is 593. The molecule has 0 unspecified atom stereocenters. The molecule has 0 saturated heterocycles. The summed E-state index contributed by atoms with van der Waals surface area (Å²) in [6, 6.07) is 11.2. The normalized spacial score (nSPS) is 10.6. The van der Waals surface area contributed by atoms with Gasteiger partial charge in [-0.05, 0) is 26.0 Å². The number of aryl methyl sites for hydroxylation is 2. The highest BCUT2D eigenvalue weighted by atomic mass is 35.5. The average molecular weight is 337 g/mol. The summed E-state index contributed by atoms with van der Waals surface area (Å²) in [5, 5.41) is 20.0. The van der Waals surface area contributed by atoms with Crippen LogP contribution >= 0.6 is 12.4 Å². The Morgan fingerprint density at radius 1 is 0.870 bits per heavy atom. The Morgan fingerprint density at radius 3 is 1.70 bits per heavy atom. The van der Waals surface area contributed by atoms with Crippen molar-refractivity contribution < 1.29 is 10.2 Å². The van der Waals surface area contributed by atoms with Crippen LogP contribution in [-0.2, 0) is 13.1 Å². The van der Waals surface area contributed by atoms with E-state index in [1.807, 2.05) is 38.1 Å². The first-order chi connectivity index (χ1) is 10.5. The van der Waals surface area contributed by atoms with Gasteiger partial charge in [0.2, 0.25) is 0 Å². The van der Waals surface area contributed by atoms with Crippen molar-refractivity contribution >= 4 is 12.4 Å². The molecule has 0 aliphatic carbocycles. The van der Waals surface area contributed by atoms with Crippen LogP contribution in [0.5, 0.6) is 11.5 Å². The van der Waals surface area contributed by atoms with Crippen LogP contribution in [0.15, 0.2) is 36.4 Å². The lowest BCUT2D eigenvalue weighted by molar-refractivity contribution is 0.257. The molecule has 5 heteroatoms. The molecule has 0 fully saturated rings. The number of aromatic hydroxyl groups is 2. The van der Waals surface area contributed by atoms with Crippen molar-refractivity contribution in [3.8, 4) is 11.5 Å². The molecule has 0 aliphatic rings. The molecular formula is C18H25ClN2O2. The van der Waals surface area contributed by atoms with Crippen molar-refractivity contribution in [2.75, 3.05) is 13.1 Å². The standard InChI is InChI=1S/C18H24N2O2.ClH/c1-13-3-5-17(21)15(9-13)11-20(8-7-19)12-16-10-14(2)4-6-18(16)22;/h3-6,9-10,21-22H,7-8,11-12,19H2,1-2H3;1H. The molecule has 0 aromatic heterocycles. The molecule has 2 aromatic carbocycles. The van der Waals surface area contributed by atoms with Crippen LogP contribution in [0.2, 0.25) is 0 Å². The van der Waals surface area contributed by atoms with Crippen molar-refractivity contribution in [3.63, 3.8) is 0 Å². The van der Waals surface area contributed by atoms with E-state index < -0.39 is 0 Å². The number of hydrogen-bond donors (Lipinski definition) is 3. The first kappa shape index (κ1) is 19.3. The molecular weight excluding hydrogens is 312 g/mol. The summed E-state index contributed by atoms with van der Waals surface area (Å²) < 4.78 is 0. The van der Waals surface area contributed by atoms with Crippen molar-refractivity contribution in [3.05, 3.63) is 58.7 Å². The highest BCUT2D eigenvalue weighted by Gasteiger charge is 2.12. The van der Waals surface area contributed by atoms with E-state index in [9.17, 15) is 10.2 Å². The lowest BCUT2D eigenvalue weighted by atomic mass is 10.1. The van der Waals surface area contributed by atoms with Gasteiger partial charge in [0.15, 0.2) is 0 Å². The number of phenolic OH excluding ortho intramolecular Hbond substituents is 2. The molecule has 4 N–H and O–H groups in total. The van der Waals surface area contributed by atoms with Crippen LogP contribution in [0, 0.1) is 13.8 Å². The molecule has 0 bridgehead atoms.